The number of para-hydroxylation sites is 2. The van der Waals surface area contributed by atoms with Crippen LogP contribution in [0.1, 0.15) is 26.5 Å². The van der Waals surface area contributed by atoms with Crippen molar-refractivity contribution >= 4 is 28.4 Å². The molecule has 0 fully saturated rings. The highest BCUT2D eigenvalue weighted by molar-refractivity contribution is 6.09. The smallest absolute Gasteiger partial charge is 0.343 e. The van der Waals surface area contributed by atoms with Crippen molar-refractivity contribution in [1.82, 2.24) is 14.9 Å². The van der Waals surface area contributed by atoms with Crippen LogP contribution in [0.5, 0.6) is 0 Å². The summed E-state index contributed by atoms with van der Waals surface area (Å²) in [5.41, 5.74) is 1.02. The van der Waals surface area contributed by atoms with Gasteiger partial charge in [-0.1, -0.05) is 24.3 Å². The van der Waals surface area contributed by atoms with Crippen molar-refractivity contribution in [3.05, 3.63) is 100 Å². The lowest BCUT2D eigenvalue weighted by Gasteiger charge is -2.13. The number of rotatable bonds is 5. The molecule has 0 aliphatic rings. The highest BCUT2D eigenvalue weighted by atomic mass is 19.4. The predicted octanol–water partition coefficient (Wildman–Crippen LogP) is 4.24. The molecule has 10 heteroatoms. The zero-order valence-corrected chi connectivity index (χ0v) is 18.4. The third-order valence-electron chi connectivity index (χ3n) is 5.20. The molecule has 3 aromatic carbocycles. The Hall–Kier alpha value is -4.47. The van der Waals surface area contributed by atoms with Crippen LogP contribution in [0.15, 0.2) is 77.6 Å². The van der Waals surface area contributed by atoms with Crippen LogP contribution in [0.25, 0.3) is 16.6 Å². The quantitative estimate of drug-likeness (QED) is 0.447. The second kappa shape index (κ2) is 9.41. The highest BCUT2D eigenvalue weighted by Crippen LogP contribution is 2.19. The summed E-state index contributed by atoms with van der Waals surface area (Å²) >= 11 is 0. The van der Waals surface area contributed by atoms with Crippen molar-refractivity contribution in [2.45, 2.75) is 13.1 Å². The molecular weight excluding hydrogens is 461 g/mol. The van der Waals surface area contributed by atoms with Crippen LogP contribution in [0.2, 0.25) is 0 Å². The van der Waals surface area contributed by atoms with Crippen molar-refractivity contribution < 1.29 is 22.8 Å². The topological polar surface area (TPSA) is 93.1 Å². The second-order valence-electron chi connectivity index (χ2n) is 7.66. The Labute approximate surface area is 197 Å². The summed E-state index contributed by atoms with van der Waals surface area (Å²) in [6.45, 7) is 0.215. The minimum atomic E-state index is -4.56. The zero-order valence-electron chi connectivity index (χ0n) is 18.4. The second-order valence-corrected chi connectivity index (χ2v) is 7.66. The molecule has 2 amide bonds. The molecule has 178 valence electrons. The van der Waals surface area contributed by atoms with E-state index in [1.165, 1.54) is 34.9 Å². The number of anilines is 1. The lowest BCUT2D eigenvalue weighted by molar-refractivity contribution is -0.123. The van der Waals surface area contributed by atoms with Gasteiger partial charge < -0.3 is 10.6 Å². The Morgan fingerprint density at radius 3 is 2.29 bits per heavy atom. The Balaban J connectivity index is 1.56. The van der Waals surface area contributed by atoms with Gasteiger partial charge in [0.15, 0.2) is 0 Å². The number of amides is 2. The molecule has 7 nitrogen and oxygen atoms in total. The Kier molecular flexibility index (Phi) is 6.37. The molecule has 0 aliphatic carbocycles. The van der Waals surface area contributed by atoms with Crippen molar-refractivity contribution in [3.63, 3.8) is 0 Å². The normalized spacial score (nSPS) is 11.3. The Morgan fingerprint density at radius 2 is 1.57 bits per heavy atom. The third-order valence-corrected chi connectivity index (χ3v) is 5.20. The van der Waals surface area contributed by atoms with E-state index in [2.05, 4.69) is 10.3 Å². The van der Waals surface area contributed by atoms with E-state index in [-0.39, 0.29) is 22.4 Å². The van der Waals surface area contributed by atoms with E-state index in [0.717, 1.165) is 0 Å². The fourth-order valence-corrected chi connectivity index (χ4v) is 3.57. The number of aryl methyl sites for hydroxylation is 1. The number of fused-ring (bicyclic) bond motifs is 1. The summed E-state index contributed by atoms with van der Waals surface area (Å²) in [7, 11) is 0. The van der Waals surface area contributed by atoms with Crippen LogP contribution in [-0.4, -0.2) is 34.1 Å². The first-order valence-electron chi connectivity index (χ1n) is 10.5. The van der Waals surface area contributed by atoms with Crippen LogP contribution >= 0.6 is 0 Å². The zero-order chi connectivity index (χ0) is 25.2. The van der Waals surface area contributed by atoms with Gasteiger partial charge in [0, 0.05) is 5.56 Å². The lowest BCUT2D eigenvalue weighted by Crippen LogP contribution is -2.34. The van der Waals surface area contributed by atoms with E-state index in [9.17, 15) is 27.6 Å². The fourth-order valence-electron chi connectivity index (χ4n) is 3.57. The first kappa shape index (κ1) is 23.7. The number of carbonyl (C=O) groups is 2. The van der Waals surface area contributed by atoms with Gasteiger partial charge in [-0.05, 0) is 55.5 Å². The molecule has 4 aromatic rings. The third kappa shape index (κ3) is 5.21. The van der Waals surface area contributed by atoms with E-state index in [1.54, 1.807) is 54.7 Å². The van der Waals surface area contributed by atoms with Crippen molar-refractivity contribution in [2.75, 3.05) is 11.9 Å². The number of alkyl halides is 3. The van der Waals surface area contributed by atoms with E-state index >= 15 is 0 Å². The van der Waals surface area contributed by atoms with Gasteiger partial charge >= 0.3 is 6.18 Å². The van der Waals surface area contributed by atoms with Crippen molar-refractivity contribution in [2.24, 2.45) is 0 Å². The molecule has 0 spiro atoms. The number of hydrogen-bond donors (Lipinski definition) is 2. The standard InChI is InChI=1S/C25H19F3N4O3/c1-15-30-21-9-5-3-7-19(21)24(35)32(15)17-12-10-16(11-13-17)22(33)31-20-8-4-2-6-18(20)23(34)29-14-25(26,27)28/h2-13H,14H2,1H3,(H,29,34)(H,31,33). The maximum Gasteiger partial charge on any atom is 0.405 e. The van der Waals surface area contributed by atoms with Crippen molar-refractivity contribution in [1.29, 1.82) is 0 Å². The van der Waals surface area contributed by atoms with Gasteiger partial charge in [0.2, 0.25) is 0 Å². The van der Waals surface area contributed by atoms with Crippen LogP contribution in [0.3, 0.4) is 0 Å². The van der Waals surface area contributed by atoms with Crippen LogP contribution in [0, 0.1) is 6.92 Å². The molecule has 0 saturated heterocycles. The number of aromatic nitrogens is 2. The summed E-state index contributed by atoms with van der Waals surface area (Å²) in [5.74, 6) is -1.06. The molecule has 2 N–H and O–H groups in total. The number of nitrogens with one attached hydrogen (secondary N) is 2. The molecule has 0 atom stereocenters. The highest BCUT2D eigenvalue weighted by Gasteiger charge is 2.28. The average molecular weight is 480 g/mol. The summed E-state index contributed by atoms with van der Waals surface area (Å²) in [5, 5.41) is 4.80. The molecular formula is C25H19F3N4O3. The minimum Gasteiger partial charge on any atom is -0.343 e. The average Bonchev–Trinajstić information content (AvgIpc) is 2.83. The Morgan fingerprint density at radius 1 is 0.914 bits per heavy atom. The van der Waals surface area contributed by atoms with Gasteiger partial charge in [-0.15, -0.1) is 0 Å². The summed E-state index contributed by atoms with van der Waals surface area (Å²) in [6, 6.07) is 18.9. The monoisotopic (exact) mass is 480 g/mol. The van der Waals surface area contributed by atoms with Gasteiger partial charge in [-0.25, -0.2) is 4.98 Å². The van der Waals surface area contributed by atoms with E-state index in [1.807, 2.05) is 0 Å². The molecule has 1 heterocycles. The molecule has 4 rings (SSSR count). The summed E-state index contributed by atoms with van der Waals surface area (Å²) in [6.07, 6.45) is -4.56. The van der Waals surface area contributed by atoms with Crippen molar-refractivity contribution in [3.8, 4) is 5.69 Å². The molecule has 0 saturated carbocycles. The lowest BCUT2D eigenvalue weighted by atomic mass is 10.1. The van der Waals surface area contributed by atoms with Gasteiger partial charge in [0.1, 0.15) is 12.4 Å². The van der Waals surface area contributed by atoms with Crippen LogP contribution < -0.4 is 16.2 Å². The first-order chi connectivity index (χ1) is 16.6. The fraction of sp³-hybridized carbons (Fsp3) is 0.120. The van der Waals surface area contributed by atoms with Gasteiger partial charge in [-0.2, -0.15) is 13.2 Å². The van der Waals surface area contributed by atoms with E-state index in [4.69, 9.17) is 0 Å². The Bertz CT molecular complexity index is 1480. The first-order valence-corrected chi connectivity index (χ1v) is 10.5. The van der Waals surface area contributed by atoms with E-state index < -0.39 is 24.5 Å². The number of hydrogen-bond acceptors (Lipinski definition) is 4. The largest absolute Gasteiger partial charge is 0.405 e. The van der Waals surface area contributed by atoms with E-state index in [0.29, 0.717) is 22.4 Å². The number of halogens is 3. The van der Waals surface area contributed by atoms with Gasteiger partial charge in [0.05, 0.1) is 27.8 Å². The number of nitrogens with zero attached hydrogens (tertiary/aromatic N) is 2. The van der Waals surface area contributed by atoms with Gasteiger partial charge in [-0.3, -0.25) is 19.0 Å². The molecule has 35 heavy (non-hydrogen) atoms. The van der Waals surface area contributed by atoms with Crippen LogP contribution in [-0.2, 0) is 0 Å². The predicted molar refractivity (Wildman–Crippen MR) is 125 cm³/mol. The van der Waals surface area contributed by atoms with Crippen LogP contribution in [0.4, 0.5) is 18.9 Å². The molecule has 0 bridgehead atoms. The SMILES string of the molecule is Cc1nc2ccccc2c(=O)n1-c1ccc(C(=O)Nc2ccccc2C(=O)NCC(F)(F)F)cc1. The molecule has 0 aliphatic heterocycles. The summed E-state index contributed by atoms with van der Waals surface area (Å²) < 4.78 is 38.7. The number of carbonyl (C=O) groups excluding carboxylic acids is 2. The van der Waals surface area contributed by atoms with Gasteiger partial charge in [0.25, 0.3) is 17.4 Å². The molecule has 0 unspecified atom stereocenters. The molecule has 0 radical (unpaired) electrons. The maximum atomic E-state index is 13.0. The maximum absolute atomic E-state index is 13.0. The minimum absolute atomic E-state index is 0.0621. The number of benzene rings is 3. The summed E-state index contributed by atoms with van der Waals surface area (Å²) in [4.78, 5) is 42.4. The molecule has 1 aromatic heterocycles.